The summed E-state index contributed by atoms with van der Waals surface area (Å²) in [6.45, 7) is 9.43. The minimum atomic E-state index is -0.147. The number of nitrogens with zero attached hydrogens (tertiary/aromatic N) is 2. The molecular weight excluding hydrogens is 797 g/mol. The van der Waals surface area contributed by atoms with Gasteiger partial charge in [-0.15, -0.1) is 0 Å². The van der Waals surface area contributed by atoms with Gasteiger partial charge in [0.1, 0.15) is 0 Å². The highest BCUT2D eigenvalue weighted by Gasteiger charge is 2.37. The fraction of sp³-hybridized carbons (Fsp3) is 0.0938. The van der Waals surface area contributed by atoms with Gasteiger partial charge in [0, 0.05) is 33.1 Å². The predicted octanol–water partition coefficient (Wildman–Crippen LogP) is 16.8. The molecular formula is C64H48N2. The first-order chi connectivity index (χ1) is 32.2. The van der Waals surface area contributed by atoms with Crippen LogP contribution in [0.25, 0.3) is 101 Å². The number of hydrogen-bond donors (Lipinski definition) is 0. The van der Waals surface area contributed by atoms with Crippen molar-refractivity contribution in [2.75, 3.05) is 0 Å². The maximum Gasteiger partial charge on any atom is 0.0709 e. The molecule has 0 atom stereocenters. The molecule has 12 rings (SSSR count). The number of pyridine rings is 2. The number of benzene rings is 8. The fourth-order valence-corrected chi connectivity index (χ4v) is 10.6. The predicted molar refractivity (Wildman–Crippen MR) is 275 cm³/mol. The number of hydrogen-bond acceptors (Lipinski definition) is 2. The SMILES string of the molecule is CC1(C)c2cc(-c3ccc(-c4ccc(-c5ccc6c(c5)C(C)(C)c5cc(-c7cccc(-c8ccccc8)n7)ccc5-6)cc4)cc3)ccc2-c2ccc(-c3cccc(-c4ccccc4)n3)cc21. The van der Waals surface area contributed by atoms with Crippen LogP contribution in [0.2, 0.25) is 0 Å². The molecule has 2 aliphatic carbocycles. The van der Waals surface area contributed by atoms with Crippen molar-refractivity contribution in [3.8, 4) is 101 Å². The molecule has 10 aromatic rings. The largest absolute Gasteiger partial charge is 0.248 e. The molecule has 0 spiro atoms. The van der Waals surface area contributed by atoms with Gasteiger partial charge in [-0.3, -0.25) is 0 Å². The van der Waals surface area contributed by atoms with Crippen LogP contribution >= 0.6 is 0 Å². The molecule has 0 aliphatic heterocycles. The van der Waals surface area contributed by atoms with Crippen LogP contribution in [0.3, 0.4) is 0 Å². The van der Waals surface area contributed by atoms with Gasteiger partial charge < -0.3 is 0 Å². The van der Waals surface area contributed by atoms with Gasteiger partial charge in [0.2, 0.25) is 0 Å². The summed E-state index contributed by atoms with van der Waals surface area (Å²) in [5.41, 5.74) is 26.2. The quantitative estimate of drug-likeness (QED) is 0.160. The monoisotopic (exact) mass is 844 g/mol. The maximum absolute atomic E-state index is 5.07. The molecule has 2 aliphatic rings. The van der Waals surface area contributed by atoms with Gasteiger partial charge in [0.25, 0.3) is 0 Å². The lowest BCUT2D eigenvalue weighted by Gasteiger charge is -2.22. The second-order valence-electron chi connectivity index (χ2n) is 19.0. The van der Waals surface area contributed by atoms with Crippen LogP contribution in [0.5, 0.6) is 0 Å². The van der Waals surface area contributed by atoms with Gasteiger partial charge in [-0.1, -0.05) is 198 Å². The fourth-order valence-electron chi connectivity index (χ4n) is 10.6. The Morgan fingerprint density at radius 3 is 0.818 bits per heavy atom. The Kier molecular flexibility index (Phi) is 9.22. The van der Waals surface area contributed by atoms with Gasteiger partial charge in [-0.05, 0) is 126 Å². The minimum absolute atomic E-state index is 0.147. The third-order valence-electron chi connectivity index (χ3n) is 14.4. The minimum Gasteiger partial charge on any atom is -0.248 e. The van der Waals surface area contributed by atoms with Gasteiger partial charge in [0.15, 0.2) is 0 Å². The molecule has 8 aromatic carbocycles. The van der Waals surface area contributed by atoms with E-state index in [9.17, 15) is 0 Å². The molecule has 2 nitrogen and oxygen atoms in total. The summed E-state index contributed by atoms with van der Waals surface area (Å²) >= 11 is 0. The van der Waals surface area contributed by atoms with E-state index in [0.29, 0.717) is 0 Å². The zero-order valence-electron chi connectivity index (χ0n) is 37.7. The molecule has 314 valence electrons. The van der Waals surface area contributed by atoms with E-state index in [1.54, 1.807) is 0 Å². The van der Waals surface area contributed by atoms with Crippen molar-refractivity contribution in [2.45, 2.75) is 38.5 Å². The first-order valence-electron chi connectivity index (χ1n) is 23.0. The molecule has 0 amide bonds. The van der Waals surface area contributed by atoms with E-state index >= 15 is 0 Å². The average molecular weight is 845 g/mol. The van der Waals surface area contributed by atoms with Crippen LogP contribution < -0.4 is 0 Å². The van der Waals surface area contributed by atoms with Crippen LogP contribution in [0.15, 0.2) is 218 Å². The van der Waals surface area contributed by atoms with Gasteiger partial charge in [0.05, 0.1) is 22.8 Å². The molecule has 0 radical (unpaired) electrons. The highest BCUT2D eigenvalue weighted by Crippen LogP contribution is 2.52. The van der Waals surface area contributed by atoms with Gasteiger partial charge in [-0.2, -0.15) is 0 Å². The smallest absolute Gasteiger partial charge is 0.0709 e. The Labute approximate surface area is 388 Å². The van der Waals surface area contributed by atoms with Crippen molar-refractivity contribution in [2.24, 2.45) is 0 Å². The molecule has 0 saturated heterocycles. The Morgan fingerprint density at radius 1 is 0.227 bits per heavy atom. The van der Waals surface area contributed by atoms with Gasteiger partial charge >= 0.3 is 0 Å². The third kappa shape index (κ3) is 6.63. The number of rotatable bonds is 7. The van der Waals surface area contributed by atoms with E-state index in [0.717, 1.165) is 45.0 Å². The zero-order chi connectivity index (χ0) is 44.6. The van der Waals surface area contributed by atoms with Crippen LogP contribution in [-0.2, 0) is 10.8 Å². The second kappa shape index (κ2) is 15.4. The summed E-state index contributed by atoms with van der Waals surface area (Å²) in [6, 6.07) is 79.4. The van der Waals surface area contributed by atoms with Crippen molar-refractivity contribution >= 4 is 0 Å². The van der Waals surface area contributed by atoms with Crippen LogP contribution in [-0.4, -0.2) is 9.97 Å². The van der Waals surface area contributed by atoms with E-state index < -0.39 is 0 Å². The molecule has 0 saturated carbocycles. The third-order valence-corrected chi connectivity index (χ3v) is 14.4. The Bertz CT molecular complexity index is 3250. The van der Waals surface area contributed by atoms with E-state index in [-0.39, 0.29) is 10.8 Å². The van der Waals surface area contributed by atoms with E-state index in [4.69, 9.17) is 9.97 Å². The molecule has 0 bridgehead atoms. The number of aromatic nitrogens is 2. The molecule has 2 heteroatoms. The lowest BCUT2D eigenvalue weighted by molar-refractivity contribution is 0.660. The molecule has 0 fully saturated rings. The number of fused-ring (bicyclic) bond motifs is 6. The first-order valence-corrected chi connectivity index (χ1v) is 23.0. The van der Waals surface area contributed by atoms with Crippen molar-refractivity contribution in [1.82, 2.24) is 9.97 Å². The van der Waals surface area contributed by atoms with E-state index in [1.807, 2.05) is 12.1 Å². The van der Waals surface area contributed by atoms with Crippen molar-refractivity contribution in [1.29, 1.82) is 0 Å². The summed E-state index contributed by atoms with van der Waals surface area (Å²) in [5, 5.41) is 0. The molecule has 66 heavy (non-hydrogen) atoms. The maximum atomic E-state index is 5.07. The Balaban J connectivity index is 0.767. The highest BCUT2D eigenvalue weighted by atomic mass is 14.7. The van der Waals surface area contributed by atoms with Gasteiger partial charge in [-0.25, -0.2) is 9.97 Å². The summed E-state index contributed by atoms with van der Waals surface area (Å²) in [7, 11) is 0. The second-order valence-corrected chi connectivity index (χ2v) is 19.0. The Morgan fingerprint density at radius 2 is 0.485 bits per heavy atom. The topological polar surface area (TPSA) is 25.8 Å². The molecule has 2 heterocycles. The molecule has 0 unspecified atom stereocenters. The van der Waals surface area contributed by atoms with Crippen LogP contribution in [0, 0.1) is 0 Å². The summed E-state index contributed by atoms with van der Waals surface area (Å²) in [5.74, 6) is 0. The summed E-state index contributed by atoms with van der Waals surface area (Å²) in [4.78, 5) is 10.1. The highest BCUT2D eigenvalue weighted by molar-refractivity contribution is 5.88. The summed E-state index contributed by atoms with van der Waals surface area (Å²) in [6.07, 6.45) is 0. The Hall–Kier alpha value is -7.94. The normalized spacial score (nSPS) is 13.7. The van der Waals surface area contributed by atoms with Crippen LogP contribution in [0.4, 0.5) is 0 Å². The summed E-state index contributed by atoms with van der Waals surface area (Å²) < 4.78 is 0. The first kappa shape index (κ1) is 39.6. The standard InChI is InChI=1S/C64H48N2/c1-63(2)55-37-47(29-33-51(55)53-35-31-49(39-57(53)63)61-19-11-17-59(65-61)45-13-7-5-8-14-45)43-25-21-41(22-26-43)42-23-27-44(28-24-42)48-30-34-52-54-36-32-50(40-58(54)64(3,4)56(52)38-48)62-20-12-18-60(66-62)46-15-9-6-10-16-46/h5-40H,1-4H3. The lowest BCUT2D eigenvalue weighted by atomic mass is 9.81. The van der Waals surface area contributed by atoms with Crippen molar-refractivity contribution in [3.63, 3.8) is 0 Å². The van der Waals surface area contributed by atoms with E-state index in [1.165, 1.54) is 77.9 Å². The van der Waals surface area contributed by atoms with Crippen LogP contribution in [0.1, 0.15) is 49.9 Å². The lowest BCUT2D eigenvalue weighted by Crippen LogP contribution is -2.15. The van der Waals surface area contributed by atoms with E-state index in [2.05, 4.69) is 234 Å². The van der Waals surface area contributed by atoms with Crippen molar-refractivity contribution < 1.29 is 0 Å². The zero-order valence-corrected chi connectivity index (χ0v) is 37.7. The average Bonchev–Trinajstić information content (AvgIpc) is 3.75. The molecule has 2 aromatic heterocycles. The van der Waals surface area contributed by atoms with Crippen molar-refractivity contribution in [3.05, 3.63) is 241 Å². The molecule has 0 N–H and O–H groups in total.